The van der Waals surface area contributed by atoms with E-state index in [1.807, 2.05) is 13.8 Å². The molecule has 1 unspecified atom stereocenters. The maximum atomic E-state index is 12.2. The third-order valence-corrected chi connectivity index (χ3v) is 3.75. The molecule has 110 valence electrons. The van der Waals surface area contributed by atoms with Gasteiger partial charge in [-0.15, -0.1) is 0 Å². The summed E-state index contributed by atoms with van der Waals surface area (Å²) in [6.07, 6.45) is 3.10. The average Bonchev–Trinajstić information content (AvgIpc) is 2.57. The Bertz CT molecular complexity index is 340. The SMILES string of the molecule is CC(C)N(CCC(=O)O)C(=O)NC1CCC(C)(C)C1. The van der Waals surface area contributed by atoms with Crippen LogP contribution >= 0.6 is 0 Å². The Morgan fingerprint density at radius 2 is 2.05 bits per heavy atom. The molecule has 0 spiro atoms. The van der Waals surface area contributed by atoms with Crippen LogP contribution in [-0.4, -0.2) is 40.6 Å². The first kappa shape index (κ1) is 15.8. The van der Waals surface area contributed by atoms with E-state index in [-0.39, 0.29) is 31.1 Å². The molecule has 2 amide bonds. The molecule has 1 atom stereocenters. The van der Waals surface area contributed by atoms with Crippen LogP contribution in [0.3, 0.4) is 0 Å². The van der Waals surface area contributed by atoms with Gasteiger partial charge in [0.25, 0.3) is 0 Å². The van der Waals surface area contributed by atoms with Crippen molar-refractivity contribution in [3.63, 3.8) is 0 Å². The minimum absolute atomic E-state index is 0.00811. The zero-order chi connectivity index (χ0) is 14.6. The smallest absolute Gasteiger partial charge is 0.317 e. The first-order valence-electron chi connectivity index (χ1n) is 7.00. The van der Waals surface area contributed by atoms with Crippen molar-refractivity contribution in [3.8, 4) is 0 Å². The number of urea groups is 1. The predicted octanol–water partition coefficient (Wildman–Crippen LogP) is 2.46. The van der Waals surface area contributed by atoms with E-state index in [1.54, 1.807) is 4.90 Å². The Morgan fingerprint density at radius 1 is 1.42 bits per heavy atom. The van der Waals surface area contributed by atoms with Gasteiger partial charge in [-0.05, 0) is 38.5 Å². The summed E-state index contributed by atoms with van der Waals surface area (Å²) >= 11 is 0. The number of hydrogen-bond acceptors (Lipinski definition) is 2. The number of nitrogens with one attached hydrogen (secondary N) is 1. The molecule has 5 heteroatoms. The lowest BCUT2D eigenvalue weighted by atomic mass is 9.92. The second-order valence-electron chi connectivity index (χ2n) is 6.48. The normalized spacial score (nSPS) is 21.4. The zero-order valence-electron chi connectivity index (χ0n) is 12.4. The van der Waals surface area contributed by atoms with Crippen LogP contribution in [0.4, 0.5) is 4.79 Å². The van der Waals surface area contributed by atoms with Gasteiger partial charge in [-0.2, -0.15) is 0 Å². The van der Waals surface area contributed by atoms with Gasteiger partial charge in [-0.3, -0.25) is 4.79 Å². The van der Waals surface area contributed by atoms with Crippen LogP contribution in [0, 0.1) is 5.41 Å². The number of carboxylic acids is 1. The fourth-order valence-corrected chi connectivity index (χ4v) is 2.63. The molecule has 19 heavy (non-hydrogen) atoms. The highest BCUT2D eigenvalue weighted by atomic mass is 16.4. The molecule has 1 aliphatic carbocycles. The highest BCUT2D eigenvalue weighted by Crippen LogP contribution is 2.36. The summed E-state index contributed by atoms with van der Waals surface area (Å²) < 4.78 is 0. The number of aliphatic carboxylic acids is 1. The number of carbonyl (C=O) groups is 2. The largest absolute Gasteiger partial charge is 0.481 e. The van der Waals surface area contributed by atoms with Crippen LogP contribution in [0.5, 0.6) is 0 Å². The molecule has 0 heterocycles. The summed E-state index contributed by atoms with van der Waals surface area (Å²) in [6.45, 7) is 8.49. The molecule has 1 fully saturated rings. The molecule has 5 nitrogen and oxygen atoms in total. The molecule has 0 saturated heterocycles. The monoisotopic (exact) mass is 270 g/mol. The van der Waals surface area contributed by atoms with Crippen LogP contribution < -0.4 is 5.32 Å². The topological polar surface area (TPSA) is 69.6 Å². The molecule has 0 aromatic heterocycles. The van der Waals surface area contributed by atoms with Gasteiger partial charge in [0.1, 0.15) is 0 Å². The minimum Gasteiger partial charge on any atom is -0.481 e. The Morgan fingerprint density at radius 3 is 2.47 bits per heavy atom. The van der Waals surface area contributed by atoms with Crippen molar-refractivity contribution >= 4 is 12.0 Å². The quantitative estimate of drug-likeness (QED) is 0.806. The van der Waals surface area contributed by atoms with E-state index >= 15 is 0 Å². The summed E-state index contributed by atoms with van der Waals surface area (Å²) in [5.41, 5.74) is 0.293. The van der Waals surface area contributed by atoms with E-state index in [2.05, 4.69) is 19.2 Å². The summed E-state index contributed by atoms with van der Waals surface area (Å²) in [5.74, 6) is -0.875. The fraction of sp³-hybridized carbons (Fsp3) is 0.857. The Hall–Kier alpha value is -1.26. The van der Waals surface area contributed by atoms with Gasteiger partial charge in [0.05, 0.1) is 6.42 Å². The Kier molecular flexibility index (Phi) is 5.20. The van der Waals surface area contributed by atoms with Gasteiger partial charge >= 0.3 is 12.0 Å². The van der Waals surface area contributed by atoms with Crippen LogP contribution in [0.2, 0.25) is 0 Å². The van der Waals surface area contributed by atoms with Crippen molar-refractivity contribution < 1.29 is 14.7 Å². The van der Waals surface area contributed by atoms with Crippen molar-refractivity contribution in [3.05, 3.63) is 0 Å². The van der Waals surface area contributed by atoms with Gasteiger partial charge < -0.3 is 15.3 Å². The molecule has 0 aliphatic heterocycles. The molecule has 1 saturated carbocycles. The maximum Gasteiger partial charge on any atom is 0.317 e. The molecular weight excluding hydrogens is 244 g/mol. The zero-order valence-corrected chi connectivity index (χ0v) is 12.4. The van der Waals surface area contributed by atoms with Gasteiger partial charge in [-0.1, -0.05) is 13.8 Å². The molecule has 1 rings (SSSR count). The first-order valence-corrected chi connectivity index (χ1v) is 7.00. The molecule has 0 aromatic carbocycles. The maximum absolute atomic E-state index is 12.2. The van der Waals surface area contributed by atoms with Gasteiger partial charge in [0.2, 0.25) is 0 Å². The van der Waals surface area contributed by atoms with Gasteiger partial charge in [0, 0.05) is 18.6 Å². The van der Waals surface area contributed by atoms with Crippen molar-refractivity contribution in [2.24, 2.45) is 5.41 Å². The molecule has 1 aliphatic rings. The standard InChI is InChI=1S/C14H26N2O3/c1-10(2)16(8-6-12(17)18)13(19)15-11-5-7-14(3,4)9-11/h10-11H,5-9H2,1-4H3,(H,15,19)(H,17,18). The minimum atomic E-state index is -0.875. The van der Waals surface area contributed by atoms with Crippen LogP contribution in [-0.2, 0) is 4.79 Å². The number of rotatable bonds is 5. The van der Waals surface area contributed by atoms with Crippen molar-refractivity contribution in [2.75, 3.05) is 6.54 Å². The van der Waals surface area contributed by atoms with Crippen LogP contribution in [0.15, 0.2) is 0 Å². The first-order chi connectivity index (χ1) is 8.71. The molecule has 0 aromatic rings. The fourth-order valence-electron chi connectivity index (χ4n) is 2.63. The number of hydrogen-bond donors (Lipinski definition) is 2. The van der Waals surface area contributed by atoms with Crippen LogP contribution in [0.1, 0.15) is 53.4 Å². The Balaban J connectivity index is 2.51. The second-order valence-corrected chi connectivity index (χ2v) is 6.48. The second kappa shape index (κ2) is 6.26. The van der Waals surface area contributed by atoms with Gasteiger partial charge in [0.15, 0.2) is 0 Å². The third kappa shape index (κ3) is 5.09. The lowest BCUT2D eigenvalue weighted by molar-refractivity contribution is -0.137. The lowest BCUT2D eigenvalue weighted by Gasteiger charge is -2.28. The lowest BCUT2D eigenvalue weighted by Crippen LogP contribution is -2.48. The van der Waals surface area contributed by atoms with E-state index in [4.69, 9.17) is 5.11 Å². The van der Waals surface area contributed by atoms with E-state index in [0.717, 1.165) is 19.3 Å². The van der Waals surface area contributed by atoms with Gasteiger partial charge in [-0.25, -0.2) is 4.79 Å². The van der Waals surface area contributed by atoms with Crippen molar-refractivity contribution in [1.82, 2.24) is 10.2 Å². The number of amides is 2. The van der Waals surface area contributed by atoms with E-state index < -0.39 is 5.97 Å². The summed E-state index contributed by atoms with van der Waals surface area (Å²) in [5, 5.41) is 11.8. The number of carboxylic acid groups (broad SMARTS) is 1. The molecule has 0 bridgehead atoms. The molecule has 0 radical (unpaired) electrons. The average molecular weight is 270 g/mol. The summed E-state index contributed by atoms with van der Waals surface area (Å²) in [4.78, 5) is 24.4. The summed E-state index contributed by atoms with van der Waals surface area (Å²) in [7, 11) is 0. The van der Waals surface area contributed by atoms with E-state index in [9.17, 15) is 9.59 Å². The number of carbonyl (C=O) groups excluding carboxylic acids is 1. The highest BCUT2D eigenvalue weighted by molar-refractivity contribution is 5.76. The Labute approximate surface area is 115 Å². The molecular formula is C14H26N2O3. The summed E-state index contributed by atoms with van der Waals surface area (Å²) in [6, 6.07) is 0.0845. The van der Waals surface area contributed by atoms with Crippen LogP contribution in [0.25, 0.3) is 0 Å². The van der Waals surface area contributed by atoms with E-state index in [0.29, 0.717) is 5.41 Å². The van der Waals surface area contributed by atoms with Crippen molar-refractivity contribution in [2.45, 2.75) is 65.5 Å². The third-order valence-electron chi connectivity index (χ3n) is 3.75. The highest BCUT2D eigenvalue weighted by Gasteiger charge is 2.32. The van der Waals surface area contributed by atoms with Crippen molar-refractivity contribution in [1.29, 1.82) is 0 Å². The predicted molar refractivity (Wildman–Crippen MR) is 74.0 cm³/mol. The molecule has 2 N–H and O–H groups in total. The van der Waals surface area contributed by atoms with E-state index in [1.165, 1.54) is 0 Å². The number of nitrogens with zero attached hydrogens (tertiary/aromatic N) is 1.